The van der Waals surface area contributed by atoms with Crippen LogP contribution in [0.25, 0.3) is 0 Å². The first-order chi connectivity index (χ1) is 6.31. The number of unbranched alkanes of at least 4 members (excludes halogenated alkanes) is 1. The molecule has 0 aromatic carbocycles. The summed E-state index contributed by atoms with van der Waals surface area (Å²) >= 11 is 0. The van der Waals surface area contributed by atoms with Gasteiger partial charge in [0.1, 0.15) is 0 Å². The van der Waals surface area contributed by atoms with Crippen LogP contribution in [0.4, 0.5) is 0 Å². The number of rotatable bonds is 7. The number of hydrogen-bond donors (Lipinski definition) is 2. The molecule has 0 aromatic rings. The Kier molecular flexibility index (Phi) is 9.05. The van der Waals surface area contributed by atoms with Crippen molar-refractivity contribution in [2.24, 2.45) is 5.73 Å². The summed E-state index contributed by atoms with van der Waals surface area (Å²) in [6, 6.07) is -0.0950. The van der Waals surface area contributed by atoms with E-state index in [2.05, 4.69) is 25.2 Å². The van der Waals surface area contributed by atoms with Gasteiger partial charge in [-0.05, 0) is 25.7 Å². The van der Waals surface area contributed by atoms with E-state index in [9.17, 15) is 0 Å². The number of aliphatic hydroxyl groups is 1. The largest absolute Gasteiger partial charge is 0.395 e. The monoisotopic (exact) mass is 183 g/mol. The van der Waals surface area contributed by atoms with Gasteiger partial charge in [0.2, 0.25) is 0 Å². The molecule has 13 heavy (non-hydrogen) atoms. The number of aliphatic hydroxyl groups excluding tert-OH is 1. The predicted octanol–water partition coefficient (Wildman–Crippen LogP) is 2.00. The van der Waals surface area contributed by atoms with Gasteiger partial charge >= 0.3 is 0 Å². The highest BCUT2D eigenvalue weighted by Crippen LogP contribution is 1.96. The molecular weight excluding hydrogens is 162 g/mol. The summed E-state index contributed by atoms with van der Waals surface area (Å²) in [5.41, 5.74) is 5.52. The highest BCUT2D eigenvalue weighted by molar-refractivity contribution is 4.89. The Morgan fingerprint density at radius 3 is 2.31 bits per heavy atom. The molecule has 2 nitrogen and oxygen atoms in total. The van der Waals surface area contributed by atoms with Crippen LogP contribution in [-0.4, -0.2) is 17.8 Å². The zero-order chi connectivity index (χ0) is 9.94. The van der Waals surface area contributed by atoms with Crippen LogP contribution in [0.2, 0.25) is 0 Å². The van der Waals surface area contributed by atoms with Gasteiger partial charge in [0.25, 0.3) is 0 Å². The van der Waals surface area contributed by atoms with Crippen LogP contribution in [0.5, 0.6) is 0 Å². The van der Waals surface area contributed by atoms with Gasteiger partial charge in [0, 0.05) is 6.04 Å². The minimum absolute atomic E-state index is 0.0695. The SMILES string of the molecule is CC/C=C\CC/C=C/CC(N)CO. The highest BCUT2D eigenvalue weighted by Gasteiger charge is 1.93. The van der Waals surface area contributed by atoms with Gasteiger partial charge in [0.05, 0.1) is 6.61 Å². The van der Waals surface area contributed by atoms with Gasteiger partial charge in [-0.25, -0.2) is 0 Å². The Morgan fingerprint density at radius 1 is 1.15 bits per heavy atom. The van der Waals surface area contributed by atoms with Crippen molar-refractivity contribution in [3.05, 3.63) is 24.3 Å². The molecule has 0 saturated carbocycles. The molecule has 3 N–H and O–H groups in total. The molecule has 0 fully saturated rings. The summed E-state index contributed by atoms with van der Waals surface area (Å²) < 4.78 is 0. The molecule has 0 saturated heterocycles. The molecule has 0 amide bonds. The second-order valence-electron chi connectivity index (χ2n) is 3.11. The van der Waals surface area contributed by atoms with Gasteiger partial charge < -0.3 is 10.8 Å². The Bertz CT molecular complexity index is 152. The fraction of sp³-hybridized carbons (Fsp3) is 0.636. The molecule has 0 bridgehead atoms. The van der Waals surface area contributed by atoms with E-state index in [0.717, 1.165) is 25.7 Å². The van der Waals surface area contributed by atoms with Gasteiger partial charge in [-0.2, -0.15) is 0 Å². The Morgan fingerprint density at radius 2 is 1.77 bits per heavy atom. The Balaban J connectivity index is 3.26. The van der Waals surface area contributed by atoms with Crippen LogP contribution in [-0.2, 0) is 0 Å². The smallest absolute Gasteiger partial charge is 0.0585 e. The zero-order valence-corrected chi connectivity index (χ0v) is 8.45. The lowest BCUT2D eigenvalue weighted by Gasteiger charge is -2.01. The molecule has 0 aliphatic rings. The van der Waals surface area contributed by atoms with E-state index in [1.54, 1.807) is 0 Å². The van der Waals surface area contributed by atoms with Gasteiger partial charge in [0.15, 0.2) is 0 Å². The van der Waals surface area contributed by atoms with Crippen molar-refractivity contribution in [2.75, 3.05) is 6.61 Å². The van der Waals surface area contributed by atoms with E-state index in [1.165, 1.54) is 0 Å². The third kappa shape index (κ3) is 9.31. The van der Waals surface area contributed by atoms with E-state index < -0.39 is 0 Å². The molecule has 76 valence electrons. The van der Waals surface area contributed by atoms with E-state index in [0.29, 0.717) is 0 Å². The van der Waals surface area contributed by atoms with Crippen LogP contribution >= 0.6 is 0 Å². The van der Waals surface area contributed by atoms with E-state index >= 15 is 0 Å². The molecule has 0 spiro atoms. The lowest BCUT2D eigenvalue weighted by molar-refractivity contribution is 0.266. The highest BCUT2D eigenvalue weighted by atomic mass is 16.3. The maximum Gasteiger partial charge on any atom is 0.0585 e. The van der Waals surface area contributed by atoms with Crippen molar-refractivity contribution in [3.8, 4) is 0 Å². The predicted molar refractivity (Wildman–Crippen MR) is 57.5 cm³/mol. The average Bonchev–Trinajstić information content (AvgIpc) is 2.16. The number of nitrogens with two attached hydrogens (primary N) is 1. The first kappa shape index (κ1) is 12.4. The summed E-state index contributed by atoms with van der Waals surface area (Å²) in [5.74, 6) is 0. The van der Waals surface area contributed by atoms with Crippen molar-refractivity contribution in [2.45, 2.75) is 38.6 Å². The minimum atomic E-state index is -0.0950. The molecule has 1 unspecified atom stereocenters. The molecular formula is C11H21NO. The van der Waals surface area contributed by atoms with Crippen molar-refractivity contribution < 1.29 is 5.11 Å². The van der Waals surface area contributed by atoms with Crippen molar-refractivity contribution >= 4 is 0 Å². The summed E-state index contributed by atoms with van der Waals surface area (Å²) in [7, 11) is 0. The molecule has 0 rings (SSSR count). The van der Waals surface area contributed by atoms with E-state index in [4.69, 9.17) is 10.8 Å². The topological polar surface area (TPSA) is 46.2 Å². The normalized spacial score (nSPS) is 14.4. The maximum atomic E-state index is 8.64. The third-order valence-corrected chi connectivity index (χ3v) is 1.74. The van der Waals surface area contributed by atoms with Gasteiger partial charge in [-0.3, -0.25) is 0 Å². The Labute approximate surface area is 81.1 Å². The molecule has 0 aliphatic carbocycles. The number of hydrogen-bond acceptors (Lipinski definition) is 2. The van der Waals surface area contributed by atoms with Crippen LogP contribution < -0.4 is 5.73 Å². The molecule has 0 aromatic heterocycles. The minimum Gasteiger partial charge on any atom is -0.395 e. The summed E-state index contributed by atoms with van der Waals surface area (Å²) in [5, 5.41) is 8.64. The molecule has 0 radical (unpaired) electrons. The molecule has 2 heteroatoms. The first-order valence-electron chi connectivity index (χ1n) is 4.97. The standard InChI is InChI=1S/C11H21NO/c1-2-3-4-5-6-7-8-9-11(12)10-13/h3-4,7-8,11,13H,2,5-6,9-10,12H2,1H3/b4-3-,8-7+. The van der Waals surface area contributed by atoms with Crippen LogP contribution in [0.1, 0.15) is 32.6 Å². The Hall–Kier alpha value is -0.600. The zero-order valence-electron chi connectivity index (χ0n) is 8.45. The fourth-order valence-corrected chi connectivity index (χ4v) is 0.940. The average molecular weight is 183 g/mol. The molecule has 0 aliphatic heterocycles. The van der Waals surface area contributed by atoms with Crippen molar-refractivity contribution in [1.82, 2.24) is 0 Å². The van der Waals surface area contributed by atoms with Crippen LogP contribution in [0, 0.1) is 0 Å². The molecule has 1 atom stereocenters. The number of allylic oxidation sites excluding steroid dienone is 3. The van der Waals surface area contributed by atoms with Crippen molar-refractivity contribution in [1.29, 1.82) is 0 Å². The summed E-state index contributed by atoms with van der Waals surface area (Å²) in [4.78, 5) is 0. The van der Waals surface area contributed by atoms with E-state index in [-0.39, 0.29) is 12.6 Å². The van der Waals surface area contributed by atoms with Gasteiger partial charge in [-0.1, -0.05) is 31.2 Å². The first-order valence-corrected chi connectivity index (χ1v) is 4.97. The van der Waals surface area contributed by atoms with Crippen LogP contribution in [0.3, 0.4) is 0 Å². The second kappa shape index (κ2) is 9.49. The lowest BCUT2D eigenvalue weighted by atomic mass is 10.2. The maximum absolute atomic E-state index is 8.64. The van der Waals surface area contributed by atoms with E-state index in [1.807, 2.05) is 6.08 Å². The fourth-order valence-electron chi connectivity index (χ4n) is 0.940. The van der Waals surface area contributed by atoms with Crippen molar-refractivity contribution in [3.63, 3.8) is 0 Å². The summed E-state index contributed by atoms with van der Waals surface area (Å²) in [6.07, 6.45) is 12.6. The second-order valence-corrected chi connectivity index (χ2v) is 3.11. The lowest BCUT2D eigenvalue weighted by Crippen LogP contribution is -2.22. The molecule has 0 heterocycles. The van der Waals surface area contributed by atoms with Crippen LogP contribution in [0.15, 0.2) is 24.3 Å². The summed E-state index contributed by atoms with van der Waals surface area (Å²) in [6.45, 7) is 2.20. The van der Waals surface area contributed by atoms with Gasteiger partial charge in [-0.15, -0.1) is 0 Å². The third-order valence-electron chi connectivity index (χ3n) is 1.74. The quantitative estimate of drug-likeness (QED) is 0.468.